The summed E-state index contributed by atoms with van der Waals surface area (Å²) < 4.78 is 45.5. The molecule has 2 heterocycles. The molecule has 2 saturated heterocycles. The number of aryl methyl sites for hydroxylation is 2. The van der Waals surface area contributed by atoms with Crippen molar-refractivity contribution in [2.45, 2.75) is 62.9 Å². The number of nitrogens with one attached hydrogen (secondary N) is 1. The Hall–Kier alpha value is -2.66. The Labute approximate surface area is 238 Å². The minimum absolute atomic E-state index is 0.0762. The molecule has 10 heteroatoms. The summed E-state index contributed by atoms with van der Waals surface area (Å²) in [5.74, 6) is 1.24. The number of rotatable bonds is 12. The molecule has 4 rings (SSSR count). The van der Waals surface area contributed by atoms with Gasteiger partial charge in [0.2, 0.25) is 15.9 Å². The van der Waals surface area contributed by atoms with Gasteiger partial charge in [-0.05, 0) is 93.6 Å². The van der Waals surface area contributed by atoms with Crippen LogP contribution in [-0.4, -0.2) is 83.2 Å². The van der Waals surface area contributed by atoms with Crippen molar-refractivity contribution in [1.29, 1.82) is 0 Å². The highest BCUT2D eigenvalue weighted by molar-refractivity contribution is 7.89. The number of methoxy groups -OCH3 is 2. The zero-order chi connectivity index (χ0) is 28.7. The number of likely N-dealkylation sites (tertiary alicyclic amines) is 1. The van der Waals surface area contributed by atoms with Crippen LogP contribution in [0.2, 0.25) is 0 Å². The van der Waals surface area contributed by atoms with E-state index in [1.54, 1.807) is 44.5 Å². The molecule has 0 radical (unpaired) electrons. The number of sulfonamides is 1. The highest BCUT2D eigenvalue weighted by atomic mass is 32.2. The van der Waals surface area contributed by atoms with Crippen molar-refractivity contribution in [3.63, 3.8) is 0 Å². The van der Waals surface area contributed by atoms with Gasteiger partial charge in [-0.3, -0.25) is 9.69 Å². The van der Waals surface area contributed by atoms with Crippen LogP contribution >= 0.6 is 0 Å². The van der Waals surface area contributed by atoms with E-state index in [-0.39, 0.29) is 31.2 Å². The lowest BCUT2D eigenvalue weighted by Crippen LogP contribution is -2.47. The molecule has 40 heavy (non-hydrogen) atoms. The molecule has 0 saturated carbocycles. The monoisotopic (exact) mass is 573 g/mol. The van der Waals surface area contributed by atoms with E-state index in [9.17, 15) is 13.2 Å². The molecule has 9 nitrogen and oxygen atoms in total. The van der Waals surface area contributed by atoms with E-state index in [1.165, 1.54) is 0 Å². The number of nitrogens with zero attached hydrogens (tertiary/aromatic N) is 2. The molecule has 2 fully saturated rings. The summed E-state index contributed by atoms with van der Waals surface area (Å²) in [6.07, 6.45) is 4.73. The lowest BCUT2D eigenvalue weighted by Gasteiger charge is -2.35. The predicted octanol–water partition coefficient (Wildman–Crippen LogP) is 3.83. The highest BCUT2D eigenvalue weighted by Crippen LogP contribution is 2.32. The molecule has 2 atom stereocenters. The van der Waals surface area contributed by atoms with Crippen molar-refractivity contribution in [1.82, 2.24) is 14.5 Å². The summed E-state index contributed by atoms with van der Waals surface area (Å²) in [5.41, 5.74) is 2.45. The molecule has 2 aromatic rings. The van der Waals surface area contributed by atoms with E-state index in [4.69, 9.17) is 14.2 Å². The molecule has 220 valence electrons. The summed E-state index contributed by atoms with van der Waals surface area (Å²) in [4.78, 5) is 15.5. The van der Waals surface area contributed by atoms with Gasteiger partial charge in [-0.15, -0.1) is 0 Å². The molecule has 0 bridgehead atoms. The van der Waals surface area contributed by atoms with Crippen LogP contribution in [0.25, 0.3) is 0 Å². The van der Waals surface area contributed by atoms with Crippen molar-refractivity contribution in [3.8, 4) is 11.5 Å². The van der Waals surface area contributed by atoms with E-state index in [2.05, 4.69) is 22.3 Å². The van der Waals surface area contributed by atoms with Crippen LogP contribution in [-0.2, 0) is 19.6 Å². The third-order valence-corrected chi connectivity index (χ3v) is 10.2. The van der Waals surface area contributed by atoms with E-state index in [0.29, 0.717) is 41.3 Å². The van der Waals surface area contributed by atoms with Crippen molar-refractivity contribution in [2.24, 2.45) is 0 Å². The smallest absolute Gasteiger partial charge is 0.246 e. The summed E-state index contributed by atoms with van der Waals surface area (Å²) in [6.45, 7) is 6.58. The summed E-state index contributed by atoms with van der Waals surface area (Å²) in [7, 11) is -0.511. The Kier molecular flexibility index (Phi) is 10.5. The van der Waals surface area contributed by atoms with Crippen LogP contribution in [0.15, 0.2) is 41.3 Å². The van der Waals surface area contributed by atoms with Crippen LogP contribution in [0.1, 0.15) is 54.8 Å². The van der Waals surface area contributed by atoms with Gasteiger partial charge in [0.1, 0.15) is 18.1 Å². The second-order valence-electron chi connectivity index (χ2n) is 10.7. The fourth-order valence-electron chi connectivity index (χ4n) is 5.90. The van der Waals surface area contributed by atoms with E-state index >= 15 is 0 Å². The SMILES string of the molecule is COc1ccc(C(CNC(=O)COCC2CCCCN2S(=O)(=O)c2c(C)cc(OC)cc2C)N2CCCC2)cc1. The Morgan fingerprint density at radius 3 is 2.20 bits per heavy atom. The van der Waals surface area contributed by atoms with Gasteiger partial charge in [0, 0.05) is 19.1 Å². The van der Waals surface area contributed by atoms with Crippen LogP contribution in [0.3, 0.4) is 0 Å². The standard InChI is InChI=1S/C30H43N3O6S/c1-22-17-27(38-4)18-23(2)30(22)40(35,36)33-16-6-5-9-25(33)20-39-21-29(34)31-19-28(32-14-7-8-15-32)24-10-12-26(37-3)13-11-24/h10-13,17-18,25,28H,5-9,14-16,19-21H2,1-4H3,(H,31,34). The first-order chi connectivity index (χ1) is 19.2. The van der Waals surface area contributed by atoms with E-state index in [1.807, 2.05) is 12.1 Å². The number of benzene rings is 2. The summed E-state index contributed by atoms with van der Waals surface area (Å²) in [6, 6.07) is 11.3. The number of hydrogen-bond donors (Lipinski definition) is 1. The second-order valence-corrected chi connectivity index (χ2v) is 12.5. The molecule has 2 aliphatic rings. The molecule has 1 N–H and O–H groups in total. The van der Waals surface area contributed by atoms with Crippen LogP contribution in [0.5, 0.6) is 11.5 Å². The third kappa shape index (κ3) is 7.15. The lowest BCUT2D eigenvalue weighted by molar-refractivity contribution is -0.126. The van der Waals surface area contributed by atoms with Gasteiger partial charge in [0.15, 0.2) is 0 Å². The average Bonchev–Trinajstić information content (AvgIpc) is 3.48. The largest absolute Gasteiger partial charge is 0.497 e. The molecule has 2 aliphatic heterocycles. The zero-order valence-corrected chi connectivity index (χ0v) is 25.0. The van der Waals surface area contributed by atoms with E-state index in [0.717, 1.165) is 50.1 Å². The molecule has 1 amide bonds. The molecular weight excluding hydrogens is 530 g/mol. The fourth-order valence-corrected chi connectivity index (χ4v) is 7.99. The quantitative estimate of drug-likeness (QED) is 0.412. The number of ether oxygens (including phenoxy) is 3. The first kappa shape index (κ1) is 30.3. The number of hydrogen-bond acceptors (Lipinski definition) is 7. The maximum Gasteiger partial charge on any atom is 0.246 e. The first-order valence-corrected chi connectivity index (χ1v) is 15.6. The Morgan fingerprint density at radius 1 is 0.950 bits per heavy atom. The van der Waals surface area contributed by atoms with Gasteiger partial charge in [0.05, 0.1) is 31.8 Å². The molecule has 0 spiro atoms. The van der Waals surface area contributed by atoms with Crippen molar-refractivity contribution in [3.05, 3.63) is 53.1 Å². The average molecular weight is 574 g/mol. The minimum atomic E-state index is -3.73. The molecular formula is C30H43N3O6S. The van der Waals surface area contributed by atoms with Gasteiger partial charge in [0.25, 0.3) is 0 Å². The molecule has 0 aromatic heterocycles. The van der Waals surface area contributed by atoms with Crippen molar-refractivity contribution < 1.29 is 27.4 Å². The van der Waals surface area contributed by atoms with Gasteiger partial charge < -0.3 is 19.5 Å². The molecule has 2 unspecified atom stereocenters. The Bertz CT molecular complexity index is 1220. The van der Waals surface area contributed by atoms with Gasteiger partial charge in [-0.25, -0.2) is 8.42 Å². The van der Waals surface area contributed by atoms with Gasteiger partial charge in [-0.2, -0.15) is 4.31 Å². The zero-order valence-electron chi connectivity index (χ0n) is 24.1. The highest BCUT2D eigenvalue weighted by Gasteiger charge is 2.35. The number of piperidine rings is 1. The Morgan fingerprint density at radius 2 is 1.57 bits per heavy atom. The maximum atomic E-state index is 13.8. The Balaban J connectivity index is 1.35. The summed E-state index contributed by atoms with van der Waals surface area (Å²) in [5, 5.41) is 3.04. The fraction of sp³-hybridized carbons (Fsp3) is 0.567. The van der Waals surface area contributed by atoms with Crippen molar-refractivity contribution in [2.75, 3.05) is 53.6 Å². The normalized spacial score (nSPS) is 19.4. The van der Waals surface area contributed by atoms with Crippen LogP contribution < -0.4 is 14.8 Å². The van der Waals surface area contributed by atoms with Crippen LogP contribution in [0.4, 0.5) is 0 Å². The topological polar surface area (TPSA) is 97.4 Å². The molecule has 0 aliphatic carbocycles. The number of carbonyl (C=O) groups excluding carboxylic acids is 1. The second kappa shape index (κ2) is 13.8. The number of carbonyl (C=O) groups is 1. The molecule has 2 aromatic carbocycles. The summed E-state index contributed by atoms with van der Waals surface area (Å²) >= 11 is 0. The number of amides is 1. The van der Waals surface area contributed by atoms with E-state index < -0.39 is 10.0 Å². The minimum Gasteiger partial charge on any atom is -0.497 e. The van der Waals surface area contributed by atoms with Crippen molar-refractivity contribution >= 4 is 15.9 Å². The predicted molar refractivity (Wildman–Crippen MR) is 154 cm³/mol. The first-order valence-electron chi connectivity index (χ1n) is 14.1. The van der Waals surface area contributed by atoms with Gasteiger partial charge >= 0.3 is 0 Å². The third-order valence-electron chi connectivity index (χ3n) is 7.93. The van der Waals surface area contributed by atoms with Gasteiger partial charge in [-0.1, -0.05) is 18.6 Å². The lowest BCUT2D eigenvalue weighted by atomic mass is 10.1. The van der Waals surface area contributed by atoms with Crippen LogP contribution in [0, 0.1) is 13.8 Å². The maximum absolute atomic E-state index is 13.8.